The molecule has 0 amide bonds. The van der Waals surface area contributed by atoms with E-state index in [1.54, 1.807) is 0 Å². The van der Waals surface area contributed by atoms with Crippen molar-refractivity contribution in [2.75, 3.05) is 32.8 Å². The molecule has 0 spiro atoms. The number of hydrogen-bond acceptors (Lipinski definition) is 3. The quantitative estimate of drug-likeness (QED) is 0.732. The summed E-state index contributed by atoms with van der Waals surface area (Å²) in [5.74, 6) is 1.31. The number of hydrogen-bond donors (Lipinski definition) is 2. The molecule has 3 heteroatoms. The van der Waals surface area contributed by atoms with E-state index in [-0.39, 0.29) is 12.1 Å². The topological polar surface area (TPSA) is 35.5 Å². The van der Waals surface area contributed by atoms with Crippen LogP contribution in [0.3, 0.4) is 0 Å². The van der Waals surface area contributed by atoms with Gasteiger partial charge < -0.3 is 15.3 Å². The van der Waals surface area contributed by atoms with Gasteiger partial charge in [0.15, 0.2) is 0 Å². The second kappa shape index (κ2) is 7.46. The van der Waals surface area contributed by atoms with Crippen LogP contribution >= 0.6 is 0 Å². The van der Waals surface area contributed by atoms with Crippen molar-refractivity contribution in [3.05, 3.63) is 0 Å². The van der Waals surface area contributed by atoms with Crippen molar-refractivity contribution in [3.63, 3.8) is 0 Å². The fourth-order valence-corrected chi connectivity index (χ4v) is 3.26. The van der Waals surface area contributed by atoms with Gasteiger partial charge in [-0.3, -0.25) is 0 Å². The zero-order valence-electron chi connectivity index (χ0n) is 12.7. The fraction of sp³-hybridized carbons (Fsp3) is 1.00. The lowest BCUT2D eigenvalue weighted by atomic mass is 9.70. The molecule has 1 rings (SSSR count). The highest BCUT2D eigenvalue weighted by molar-refractivity contribution is 4.97. The largest absolute Gasteiger partial charge is 0.394 e. The maximum Gasteiger partial charge on any atom is 0.0616 e. The van der Waals surface area contributed by atoms with Crippen LogP contribution in [-0.2, 0) is 0 Å². The zero-order chi connectivity index (χ0) is 13.6. The van der Waals surface area contributed by atoms with E-state index in [0.717, 1.165) is 38.5 Å². The molecule has 1 aliphatic rings. The summed E-state index contributed by atoms with van der Waals surface area (Å²) in [4.78, 5) is 2.43. The average molecular weight is 256 g/mol. The van der Waals surface area contributed by atoms with E-state index in [9.17, 15) is 5.11 Å². The maximum atomic E-state index is 9.83. The molecule has 0 bridgehead atoms. The predicted molar refractivity (Wildman–Crippen MR) is 77.8 cm³/mol. The molecule has 0 aromatic carbocycles. The highest BCUT2D eigenvalue weighted by Crippen LogP contribution is 2.36. The third-order valence-corrected chi connectivity index (χ3v) is 4.83. The predicted octanol–water partition coefficient (Wildman–Crippen LogP) is 2.10. The van der Waals surface area contributed by atoms with Crippen molar-refractivity contribution in [3.8, 4) is 0 Å². The molecule has 3 atom stereocenters. The standard InChI is InChI=1S/C15H32N2O/c1-5-17(6-2)10-9-16-15(12-18)11-13(3)7-8-14(15)4/h13-14,16,18H,5-12H2,1-4H3. The summed E-state index contributed by atoms with van der Waals surface area (Å²) in [5.41, 5.74) is -0.0369. The molecule has 3 nitrogen and oxygen atoms in total. The van der Waals surface area contributed by atoms with E-state index in [1.807, 2.05) is 0 Å². The van der Waals surface area contributed by atoms with E-state index >= 15 is 0 Å². The van der Waals surface area contributed by atoms with Crippen LogP contribution < -0.4 is 5.32 Å². The normalized spacial score (nSPS) is 33.0. The van der Waals surface area contributed by atoms with Gasteiger partial charge in [-0.05, 0) is 37.8 Å². The second-order valence-corrected chi connectivity index (χ2v) is 6.06. The monoisotopic (exact) mass is 256 g/mol. The highest BCUT2D eigenvalue weighted by atomic mass is 16.3. The van der Waals surface area contributed by atoms with Gasteiger partial charge in [-0.15, -0.1) is 0 Å². The van der Waals surface area contributed by atoms with Crippen LogP contribution in [0.2, 0.25) is 0 Å². The molecule has 0 radical (unpaired) electrons. The molecular weight excluding hydrogens is 224 g/mol. The summed E-state index contributed by atoms with van der Waals surface area (Å²) in [5, 5.41) is 13.5. The molecule has 0 aliphatic heterocycles. The minimum atomic E-state index is -0.0369. The van der Waals surface area contributed by atoms with Crippen molar-refractivity contribution in [2.24, 2.45) is 11.8 Å². The van der Waals surface area contributed by atoms with Crippen LogP contribution in [0.25, 0.3) is 0 Å². The highest BCUT2D eigenvalue weighted by Gasteiger charge is 2.39. The number of nitrogens with one attached hydrogen (secondary N) is 1. The van der Waals surface area contributed by atoms with Gasteiger partial charge in [0.2, 0.25) is 0 Å². The number of aliphatic hydroxyl groups excluding tert-OH is 1. The fourth-order valence-electron chi connectivity index (χ4n) is 3.26. The van der Waals surface area contributed by atoms with Gasteiger partial charge in [0.1, 0.15) is 0 Å². The molecular formula is C15H32N2O. The van der Waals surface area contributed by atoms with Crippen molar-refractivity contribution < 1.29 is 5.11 Å². The van der Waals surface area contributed by atoms with E-state index < -0.39 is 0 Å². The van der Waals surface area contributed by atoms with Crippen molar-refractivity contribution >= 4 is 0 Å². The molecule has 1 saturated carbocycles. The van der Waals surface area contributed by atoms with Crippen LogP contribution in [0.15, 0.2) is 0 Å². The summed E-state index contributed by atoms with van der Waals surface area (Å²) in [7, 11) is 0. The number of likely N-dealkylation sites (N-methyl/N-ethyl adjacent to an activating group) is 1. The Kier molecular flexibility index (Phi) is 6.61. The molecule has 0 heterocycles. The minimum absolute atomic E-state index is 0.0369. The third kappa shape index (κ3) is 3.94. The van der Waals surface area contributed by atoms with Gasteiger partial charge in [-0.2, -0.15) is 0 Å². The Balaban J connectivity index is 2.48. The Bertz CT molecular complexity index is 231. The first-order chi connectivity index (χ1) is 8.57. The molecule has 0 aromatic heterocycles. The van der Waals surface area contributed by atoms with Gasteiger partial charge in [0.25, 0.3) is 0 Å². The molecule has 1 fully saturated rings. The Hall–Kier alpha value is -0.120. The van der Waals surface area contributed by atoms with E-state index in [1.165, 1.54) is 12.8 Å². The lowest BCUT2D eigenvalue weighted by Crippen LogP contribution is -2.57. The van der Waals surface area contributed by atoms with Gasteiger partial charge >= 0.3 is 0 Å². The lowest BCUT2D eigenvalue weighted by molar-refractivity contribution is 0.0521. The minimum Gasteiger partial charge on any atom is -0.394 e. The van der Waals surface area contributed by atoms with E-state index in [4.69, 9.17) is 0 Å². The average Bonchev–Trinajstić information content (AvgIpc) is 2.38. The van der Waals surface area contributed by atoms with Crippen molar-refractivity contribution in [1.82, 2.24) is 10.2 Å². The lowest BCUT2D eigenvalue weighted by Gasteiger charge is -2.45. The summed E-state index contributed by atoms with van der Waals surface area (Å²) < 4.78 is 0. The van der Waals surface area contributed by atoms with Crippen molar-refractivity contribution in [2.45, 2.75) is 52.5 Å². The summed E-state index contributed by atoms with van der Waals surface area (Å²) in [6.07, 6.45) is 3.66. The zero-order valence-corrected chi connectivity index (χ0v) is 12.7. The van der Waals surface area contributed by atoms with Gasteiger partial charge in [0.05, 0.1) is 6.61 Å². The SMILES string of the molecule is CCN(CC)CCNC1(CO)CC(C)CCC1C. The van der Waals surface area contributed by atoms with E-state index in [0.29, 0.717) is 5.92 Å². The smallest absolute Gasteiger partial charge is 0.0616 e. The Labute approximate surface area is 113 Å². The number of aliphatic hydroxyl groups is 1. The van der Waals surface area contributed by atoms with Crippen LogP contribution in [0.1, 0.15) is 47.0 Å². The number of nitrogens with zero attached hydrogens (tertiary/aromatic N) is 1. The molecule has 108 valence electrons. The van der Waals surface area contributed by atoms with Crippen LogP contribution in [-0.4, -0.2) is 48.3 Å². The van der Waals surface area contributed by atoms with E-state index in [2.05, 4.69) is 37.9 Å². The molecule has 3 unspecified atom stereocenters. The third-order valence-electron chi connectivity index (χ3n) is 4.83. The molecule has 0 saturated heterocycles. The molecule has 1 aliphatic carbocycles. The number of rotatable bonds is 7. The first-order valence-electron chi connectivity index (χ1n) is 7.66. The Morgan fingerprint density at radius 3 is 2.44 bits per heavy atom. The summed E-state index contributed by atoms with van der Waals surface area (Å²) >= 11 is 0. The van der Waals surface area contributed by atoms with Crippen LogP contribution in [0.5, 0.6) is 0 Å². The van der Waals surface area contributed by atoms with Gasteiger partial charge in [-0.1, -0.05) is 34.1 Å². The maximum absolute atomic E-state index is 9.83. The first-order valence-corrected chi connectivity index (χ1v) is 7.66. The summed E-state index contributed by atoms with van der Waals surface area (Å²) in [6.45, 7) is 13.6. The van der Waals surface area contributed by atoms with Crippen LogP contribution in [0, 0.1) is 11.8 Å². The molecule has 18 heavy (non-hydrogen) atoms. The Morgan fingerprint density at radius 1 is 1.22 bits per heavy atom. The van der Waals surface area contributed by atoms with Crippen molar-refractivity contribution in [1.29, 1.82) is 0 Å². The Morgan fingerprint density at radius 2 is 1.89 bits per heavy atom. The molecule has 0 aromatic rings. The van der Waals surface area contributed by atoms with Crippen LogP contribution in [0.4, 0.5) is 0 Å². The second-order valence-electron chi connectivity index (χ2n) is 6.06. The first kappa shape index (κ1) is 15.9. The molecule has 2 N–H and O–H groups in total. The van der Waals surface area contributed by atoms with Gasteiger partial charge in [0, 0.05) is 18.6 Å². The summed E-state index contributed by atoms with van der Waals surface area (Å²) in [6, 6.07) is 0. The van der Waals surface area contributed by atoms with Gasteiger partial charge in [-0.25, -0.2) is 0 Å².